The Kier molecular flexibility index (Phi) is 7.11. The summed E-state index contributed by atoms with van der Waals surface area (Å²) in [5.74, 6) is 1.20. The van der Waals surface area contributed by atoms with Gasteiger partial charge in [-0.25, -0.2) is 0 Å². The van der Waals surface area contributed by atoms with Crippen molar-refractivity contribution in [1.29, 1.82) is 0 Å². The number of hydrogen-bond donors (Lipinski definition) is 1. The maximum absolute atomic E-state index is 12.3. The van der Waals surface area contributed by atoms with Crippen LogP contribution in [0.2, 0.25) is 5.02 Å². The van der Waals surface area contributed by atoms with Crippen LogP contribution in [0.1, 0.15) is 5.56 Å². The summed E-state index contributed by atoms with van der Waals surface area (Å²) in [4.78, 5) is 14.2. The highest BCUT2D eigenvalue weighted by Crippen LogP contribution is 2.28. The smallest absolute Gasteiger partial charge is 0.238 e. The molecule has 25 heavy (non-hydrogen) atoms. The summed E-state index contributed by atoms with van der Waals surface area (Å²) in [6.07, 6.45) is 0. The van der Waals surface area contributed by atoms with Crippen molar-refractivity contribution in [3.63, 3.8) is 0 Å². The number of anilines is 1. The zero-order chi connectivity index (χ0) is 18.4. The molecule has 0 heterocycles. The second-order valence-electron chi connectivity index (χ2n) is 5.53. The van der Waals surface area contributed by atoms with Crippen molar-refractivity contribution in [3.8, 4) is 11.5 Å². The Labute approximate surface area is 161 Å². The third-order valence-electron chi connectivity index (χ3n) is 3.52. The van der Waals surface area contributed by atoms with Gasteiger partial charge in [0.25, 0.3) is 0 Å². The first kappa shape index (κ1) is 19.6. The van der Waals surface area contributed by atoms with Crippen molar-refractivity contribution in [2.75, 3.05) is 33.1 Å². The Hall–Kier alpha value is -1.76. The zero-order valence-corrected chi connectivity index (χ0v) is 16.6. The monoisotopic (exact) mass is 426 g/mol. The van der Waals surface area contributed by atoms with Gasteiger partial charge >= 0.3 is 0 Å². The van der Waals surface area contributed by atoms with Gasteiger partial charge in [0.2, 0.25) is 5.91 Å². The molecule has 0 saturated carbocycles. The number of rotatable bonds is 7. The number of methoxy groups -OCH3 is 2. The molecule has 2 aromatic carbocycles. The fourth-order valence-electron chi connectivity index (χ4n) is 2.39. The lowest BCUT2D eigenvalue weighted by Gasteiger charge is -2.18. The standard InChI is InChI=1S/C18H20BrClN2O3/c1-22(10-12-4-6-16(24-2)14(19)8-12)11-18(23)21-15-9-13(20)5-7-17(15)25-3/h4-9H,10-11H2,1-3H3,(H,21,23). The average Bonchev–Trinajstić information content (AvgIpc) is 2.55. The van der Waals surface area contributed by atoms with Crippen molar-refractivity contribution in [1.82, 2.24) is 4.90 Å². The molecule has 0 aliphatic heterocycles. The van der Waals surface area contributed by atoms with Crippen molar-refractivity contribution in [3.05, 3.63) is 51.5 Å². The minimum absolute atomic E-state index is 0.143. The summed E-state index contributed by atoms with van der Waals surface area (Å²) in [6, 6.07) is 10.9. The molecular formula is C18H20BrClN2O3. The van der Waals surface area contributed by atoms with Gasteiger partial charge < -0.3 is 14.8 Å². The summed E-state index contributed by atoms with van der Waals surface area (Å²) in [7, 11) is 5.06. The van der Waals surface area contributed by atoms with Crippen molar-refractivity contribution in [2.45, 2.75) is 6.54 Å². The fourth-order valence-corrected chi connectivity index (χ4v) is 3.15. The number of carbonyl (C=O) groups is 1. The van der Waals surface area contributed by atoms with E-state index in [4.69, 9.17) is 21.1 Å². The van der Waals surface area contributed by atoms with E-state index < -0.39 is 0 Å². The third-order valence-corrected chi connectivity index (χ3v) is 4.37. The molecule has 0 bridgehead atoms. The SMILES string of the molecule is COc1ccc(CN(C)CC(=O)Nc2cc(Cl)ccc2OC)cc1Br. The van der Waals surface area contributed by atoms with Gasteiger partial charge in [0, 0.05) is 11.6 Å². The van der Waals surface area contributed by atoms with Gasteiger partial charge in [0.1, 0.15) is 11.5 Å². The lowest BCUT2D eigenvalue weighted by atomic mass is 10.2. The van der Waals surface area contributed by atoms with E-state index in [2.05, 4.69) is 21.2 Å². The maximum Gasteiger partial charge on any atom is 0.238 e. The van der Waals surface area contributed by atoms with Crippen LogP contribution in [-0.2, 0) is 11.3 Å². The van der Waals surface area contributed by atoms with Crippen LogP contribution in [0, 0.1) is 0 Å². The normalized spacial score (nSPS) is 10.6. The van der Waals surface area contributed by atoms with Crippen molar-refractivity contribution in [2.24, 2.45) is 0 Å². The second-order valence-corrected chi connectivity index (χ2v) is 6.82. The van der Waals surface area contributed by atoms with E-state index in [0.29, 0.717) is 23.0 Å². The lowest BCUT2D eigenvalue weighted by Crippen LogP contribution is -2.30. The number of amides is 1. The van der Waals surface area contributed by atoms with Gasteiger partial charge in [-0.2, -0.15) is 0 Å². The quantitative estimate of drug-likeness (QED) is 0.720. The molecular weight excluding hydrogens is 408 g/mol. The first-order chi connectivity index (χ1) is 11.9. The molecule has 1 N–H and O–H groups in total. The van der Waals surface area contributed by atoms with E-state index in [0.717, 1.165) is 15.8 Å². The van der Waals surface area contributed by atoms with Crippen LogP contribution in [0.15, 0.2) is 40.9 Å². The van der Waals surface area contributed by atoms with Crippen LogP contribution < -0.4 is 14.8 Å². The van der Waals surface area contributed by atoms with Gasteiger partial charge in [0.05, 0.1) is 30.9 Å². The third kappa shape index (κ3) is 5.63. The Morgan fingerprint density at radius 1 is 1.16 bits per heavy atom. The Bertz CT molecular complexity index is 755. The topological polar surface area (TPSA) is 50.8 Å². The number of carbonyl (C=O) groups excluding carboxylic acids is 1. The molecule has 5 nitrogen and oxygen atoms in total. The van der Waals surface area contributed by atoms with Crippen LogP contribution in [-0.4, -0.2) is 38.6 Å². The van der Waals surface area contributed by atoms with Gasteiger partial charge in [-0.3, -0.25) is 9.69 Å². The molecule has 2 rings (SSSR count). The van der Waals surface area contributed by atoms with Gasteiger partial charge in [-0.15, -0.1) is 0 Å². The van der Waals surface area contributed by atoms with Gasteiger partial charge in [-0.1, -0.05) is 17.7 Å². The predicted molar refractivity (Wildman–Crippen MR) is 104 cm³/mol. The first-order valence-corrected chi connectivity index (χ1v) is 8.74. The van der Waals surface area contributed by atoms with E-state index in [1.165, 1.54) is 0 Å². The average molecular weight is 428 g/mol. The first-order valence-electron chi connectivity index (χ1n) is 7.57. The molecule has 0 aromatic heterocycles. The predicted octanol–water partition coefficient (Wildman–Crippen LogP) is 4.19. The Morgan fingerprint density at radius 2 is 1.84 bits per heavy atom. The zero-order valence-electron chi connectivity index (χ0n) is 14.3. The highest BCUT2D eigenvalue weighted by Gasteiger charge is 2.12. The van der Waals surface area contributed by atoms with Crippen LogP contribution in [0.25, 0.3) is 0 Å². The number of nitrogens with one attached hydrogen (secondary N) is 1. The molecule has 1 amide bonds. The molecule has 0 unspecified atom stereocenters. The Morgan fingerprint density at radius 3 is 2.48 bits per heavy atom. The van der Waals surface area contributed by atoms with Gasteiger partial charge in [-0.05, 0) is 58.9 Å². The molecule has 2 aromatic rings. The van der Waals surface area contributed by atoms with Crippen LogP contribution in [0.4, 0.5) is 5.69 Å². The largest absolute Gasteiger partial charge is 0.496 e. The Balaban J connectivity index is 1.96. The lowest BCUT2D eigenvalue weighted by molar-refractivity contribution is -0.117. The van der Waals surface area contributed by atoms with Gasteiger partial charge in [0.15, 0.2) is 0 Å². The number of nitrogens with zero attached hydrogens (tertiary/aromatic N) is 1. The molecule has 0 aliphatic carbocycles. The number of hydrogen-bond acceptors (Lipinski definition) is 4. The van der Waals surface area contributed by atoms with Crippen LogP contribution >= 0.6 is 27.5 Å². The van der Waals surface area contributed by atoms with Crippen molar-refractivity contribution >= 4 is 39.1 Å². The molecule has 0 aliphatic rings. The number of ether oxygens (including phenoxy) is 2. The summed E-state index contributed by atoms with van der Waals surface area (Å²) >= 11 is 9.44. The number of benzene rings is 2. The molecule has 0 fully saturated rings. The number of halogens is 2. The molecule has 0 saturated heterocycles. The van der Waals surface area contributed by atoms with E-state index in [1.54, 1.807) is 32.4 Å². The highest BCUT2D eigenvalue weighted by atomic mass is 79.9. The van der Waals surface area contributed by atoms with Crippen LogP contribution in [0.3, 0.4) is 0 Å². The molecule has 7 heteroatoms. The summed E-state index contributed by atoms with van der Waals surface area (Å²) < 4.78 is 11.3. The fraction of sp³-hybridized carbons (Fsp3) is 0.278. The van der Waals surface area contributed by atoms with Crippen molar-refractivity contribution < 1.29 is 14.3 Å². The highest BCUT2D eigenvalue weighted by molar-refractivity contribution is 9.10. The van der Waals surface area contributed by atoms with E-state index in [1.807, 2.05) is 30.1 Å². The molecule has 0 radical (unpaired) electrons. The van der Waals surface area contributed by atoms with E-state index in [9.17, 15) is 4.79 Å². The maximum atomic E-state index is 12.3. The minimum atomic E-state index is -0.143. The summed E-state index contributed by atoms with van der Waals surface area (Å²) in [5.41, 5.74) is 1.63. The number of likely N-dealkylation sites (N-methyl/N-ethyl adjacent to an activating group) is 1. The van der Waals surface area contributed by atoms with Crippen LogP contribution in [0.5, 0.6) is 11.5 Å². The summed E-state index contributed by atoms with van der Waals surface area (Å²) in [6.45, 7) is 0.863. The second kappa shape index (κ2) is 9.08. The molecule has 0 atom stereocenters. The minimum Gasteiger partial charge on any atom is -0.496 e. The van der Waals surface area contributed by atoms with E-state index in [-0.39, 0.29) is 12.5 Å². The molecule has 134 valence electrons. The molecule has 0 spiro atoms. The van der Waals surface area contributed by atoms with E-state index >= 15 is 0 Å². The summed E-state index contributed by atoms with van der Waals surface area (Å²) in [5, 5.41) is 3.36.